The van der Waals surface area contributed by atoms with Crippen molar-refractivity contribution in [3.8, 4) is 5.75 Å². The van der Waals surface area contributed by atoms with Crippen molar-refractivity contribution in [1.29, 1.82) is 0 Å². The molecule has 0 spiro atoms. The van der Waals surface area contributed by atoms with Crippen LogP contribution in [0.2, 0.25) is 0 Å². The molecule has 0 saturated carbocycles. The van der Waals surface area contributed by atoms with Crippen LogP contribution in [0.4, 0.5) is 5.69 Å². The number of fused-ring (bicyclic) bond motifs is 1. The SMILES string of the molecule is CC(C)c1ccc(N(Cc2cnn(Cc3ccccc3)c2)C(=O)C2CCCc3c(O)cccc32)cn1.Cl. The van der Waals surface area contributed by atoms with Crippen LogP contribution in [-0.2, 0) is 24.3 Å². The van der Waals surface area contributed by atoms with Gasteiger partial charge in [0.2, 0.25) is 5.91 Å². The van der Waals surface area contributed by atoms with Crippen molar-refractivity contribution >= 4 is 24.0 Å². The Hall–Kier alpha value is -3.64. The number of nitrogens with zero attached hydrogens (tertiary/aromatic N) is 4. The van der Waals surface area contributed by atoms with Crippen molar-refractivity contribution in [3.05, 3.63) is 107 Å². The van der Waals surface area contributed by atoms with Gasteiger partial charge < -0.3 is 10.0 Å². The second-order valence-electron chi connectivity index (χ2n) is 9.84. The number of phenols is 1. The number of aromatic hydroxyl groups is 1. The molecule has 0 radical (unpaired) electrons. The number of phenolic OH excluding ortho intramolecular Hbond substituents is 1. The van der Waals surface area contributed by atoms with E-state index in [1.807, 2.05) is 64.4 Å². The van der Waals surface area contributed by atoms with Crippen LogP contribution in [0.3, 0.4) is 0 Å². The second kappa shape index (κ2) is 11.6. The first-order valence-corrected chi connectivity index (χ1v) is 12.6. The molecule has 0 fully saturated rings. The molecule has 1 unspecified atom stereocenters. The maximum absolute atomic E-state index is 14.1. The lowest BCUT2D eigenvalue weighted by Gasteiger charge is -2.31. The van der Waals surface area contributed by atoms with Crippen LogP contribution in [0, 0.1) is 0 Å². The van der Waals surface area contributed by atoms with Crippen LogP contribution < -0.4 is 4.90 Å². The Labute approximate surface area is 224 Å². The fourth-order valence-corrected chi connectivity index (χ4v) is 5.00. The molecule has 1 atom stereocenters. The first-order valence-electron chi connectivity index (χ1n) is 12.6. The van der Waals surface area contributed by atoms with Crippen molar-refractivity contribution in [1.82, 2.24) is 14.8 Å². The summed E-state index contributed by atoms with van der Waals surface area (Å²) in [4.78, 5) is 20.5. The minimum absolute atomic E-state index is 0. The van der Waals surface area contributed by atoms with E-state index in [9.17, 15) is 9.90 Å². The number of halogens is 1. The summed E-state index contributed by atoms with van der Waals surface area (Å²) in [6.07, 6.45) is 8.06. The number of hydrogen-bond acceptors (Lipinski definition) is 4. The van der Waals surface area contributed by atoms with Gasteiger partial charge in [-0.05, 0) is 60.1 Å². The van der Waals surface area contributed by atoms with Gasteiger partial charge in [-0.1, -0.05) is 56.3 Å². The summed E-state index contributed by atoms with van der Waals surface area (Å²) in [5.41, 5.74) is 5.72. The normalized spacial score (nSPS) is 14.6. The number of hydrogen-bond donors (Lipinski definition) is 1. The Morgan fingerprint density at radius 2 is 1.86 bits per heavy atom. The standard InChI is InChI=1S/C30H32N4O2.ClH/c1-21(2)28-15-14-24(17-31-28)34(20-23-16-32-33(19-23)18-22-8-4-3-5-9-22)30(36)27-12-6-11-26-25(27)10-7-13-29(26)35;/h3-5,7-10,13-17,19,21,27,35H,6,11-12,18,20H2,1-2H3;1H. The molecule has 0 bridgehead atoms. The summed E-state index contributed by atoms with van der Waals surface area (Å²) in [6, 6.07) is 19.7. The van der Waals surface area contributed by atoms with Gasteiger partial charge >= 0.3 is 0 Å². The van der Waals surface area contributed by atoms with Gasteiger partial charge in [-0.2, -0.15) is 5.10 Å². The molecule has 5 rings (SSSR count). The third kappa shape index (κ3) is 5.86. The molecule has 4 aromatic rings. The van der Waals surface area contributed by atoms with Crippen LogP contribution >= 0.6 is 12.4 Å². The fraction of sp³-hybridized carbons (Fsp3) is 0.300. The summed E-state index contributed by atoms with van der Waals surface area (Å²) in [5.74, 6) is 0.316. The van der Waals surface area contributed by atoms with Crippen LogP contribution in [0.25, 0.3) is 0 Å². The molecule has 2 aromatic heterocycles. The summed E-state index contributed by atoms with van der Waals surface area (Å²) in [5, 5.41) is 15.0. The Bertz CT molecular complexity index is 1340. The largest absolute Gasteiger partial charge is 0.508 e. The Morgan fingerprint density at radius 1 is 1.05 bits per heavy atom. The molecule has 6 nitrogen and oxygen atoms in total. The van der Waals surface area contributed by atoms with E-state index in [1.54, 1.807) is 12.3 Å². The van der Waals surface area contributed by atoms with E-state index < -0.39 is 0 Å². The van der Waals surface area contributed by atoms with E-state index in [1.165, 1.54) is 5.56 Å². The smallest absolute Gasteiger partial charge is 0.234 e. The first-order chi connectivity index (χ1) is 17.5. The van der Waals surface area contributed by atoms with Gasteiger partial charge in [-0.3, -0.25) is 14.5 Å². The maximum atomic E-state index is 14.1. The van der Waals surface area contributed by atoms with Crippen LogP contribution in [0.5, 0.6) is 5.75 Å². The highest BCUT2D eigenvalue weighted by molar-refractivity contribution is 5.98. The van der Waals surface area contributed by atoms with Crippen LogP contribution in [-0.4, -0.2) is 25.8 Å². The summed E-state index contributed by atoms with van der Waals surface area (Å²) >= 11 is 0. The molecule has 2 heterocycles. The van der Waals surface area contributed by atoms with Crippen molar-refractivity contribution in [3.63, 3.8) is 0 Å². The zero-order valence-electron chi connectivity index (χ0n) is 21.2. The van der Waals surface area contributed by atoms with Gasteiger partial charge in [0.1, 0.15) is 5.75 Å². The van der Waals surface area contributed by atoms with E-state index in [-0.39, 0.29) is 30.0 Å². The zero-order valence-corrected chi connectivity index (χ0v) is 22.1. The third-order valence-corrected chi connectivity index (χ3v) is 6.94. The molecule has 1 aliphatic carbocycles. The van der Waals surface area contributed by atoms with E-state index in [0.717, 1.165) is 47.3 Å². The first kappa shape index (κ1) is 26.4. The third-order valence-electron chi connectivity index (χ3n) is 6.94. The van der Waals surface area contributed by atoms with Gasteiger partial charge in [0.25, 0.3) is 0 Å². The van der Waals surface area contributed by atoms with Gasteiger partial charge in [0.05, 0.1) is 37.1 Å². The zero-order chi connectivity index (χ0) is 25.1. The average Bonchev–Trinajstić information content (AvgIpc) is 3.34. The molecule has 2 aromatic carbocycles. The summed E-state index contributed by atoms with van der Waals surface area (Å²) in [7, 11) is 0. The monoisotopic (exact) mass is 516 g/mol. The van der Waals surface area contributed by atoms with E-state index in [2.05, 4.69) is 36.1 Å². The molecular formula is C30H33ClN4O2. The topological polar surface area (TPSA) is 71.2 Å². The minimum Gasteiger partial charge on any atom is -0.508 e. The molecule has 1 N–H and O–H groups in total. The highest BCUT2D eigenvalue weighted by Crippen LogP contribution is 2.38. The number of carbonyl (C=O) groups is 1. The van der Waals surface area contributed by atoms with Crippen LogP contribution in [0.15, 0.2) is 79.3 Å². The molecule has 1 amide bonds. The molecule has 37 heavy (non-hydrogen) atoms. The molecule has 0 saturated heterocycles. The fourth-order valence-electron chi connectivity index (χ4n) is 5.00. The Balaban J connectivity index is 0.00000320. The van der Waals surface area contributed by atoms with Crippen molar-refractivity contribution in [2.45, 2.75) is 58.0 Å². The lowest BCUT2D eigenvalue weighted by molar-refractivity contribution is -0.120. The molecule has 192 valence electrons. The van der Waals surface area contributed by atoms with Gasteiger partial charge in [-0.25, -0.2) is 0 Å². The number of benzene rings is 2. The molecule has 0 aliphatic heterocycles. The highest BCUT2D eigenvalue weighted by Gasteiger charge is 2.32. The van der Waals surface area contributed by atoms with E-state index >= 15 is 0 Å². The maximum Gasteiger partial charge on any atom is 0.234 e. The molecule has 7 heteroatoms. The number of anilines is 1. The second-order valence-corrected chi connectivity index (χ2v) is 9.84. The number of aromatic nitrogens is 3. The number of pyridine rings is 1. The summed E-state index contributed by atoms with van der Waals surface area (Å²) < 4.78 is 1.90. The predicted molar refractivity (Wildman–Crippen MR) is 148 cm³/mol. The number of amides is 1. The molecule has 1 aliphatic rings. The quantitative estimate of drug-likeness (QED) is 0.316. The predicted octanol–water partition coefficient (Wildman–Crippen LogP) is 6.23. The van der Waals surface area contributed by atoms with Crippen molar-refractivity contribution in [2.24, 2.45) is 0 Å². The van der Waals surface area contributed by atoms with Gasteiger partial charge in [0.15, 0.2) is 0 Å². The molecular weight excluding hydrogens is 484 g/mol. The highest BCUT2D eigenvalue weighted by atomic mass is 35.5. The van der Waals surface area contributed by atoms with E-state index in [0.29, 0.717) is 19.0 Å². The minimum atomic E-state index is -0.301. The lowest BCUT2D eigenvalue weighted by Crippen LogP contribution is -2.36. The van der Waals surface area contributed by atoms with Crippen LogP contribution in [0.1, 0.15) is 66.5 Å². The number of rotatable bonds is 7. The van der Waals surface area contributed by atoms with Gasteiger partial charge in [-0.15, -0.1) is 12.4 Å². The lowest BCUT2D eigenvalue weighted by atomic mass is 9.81. The Kier molecular flexibility index (Phi) is 8.29. The van der Waals surface area contributed by atoms with Crippen molar-refractivity contribution < 1.29 is 9.90 Å². The average molecular weight is 517 g/mol. The summed E-state index contributed by atoms with van der Waals surface area (Å²) in [6.45, 7) is 5.30. The van der Waals surface area contributed by atoms with E-state index in [4.69, 9.17) is 0 Å². The van der Waals surface area contributed by atoms with Crippen molar-refractivity contribution in [2.75, 3.05) is 4.90 Å². The number of carbonyl (C=O) groups excluding carboxylic acids is 1. The Morgan fingerprint density at radius 3 is 2.59 bits per heavy atom. The van der Waals surface area contributed by atoms with Gasteiger partial charge in [0, 0.05) is 17.5 Å².